The molecule has 27 heavy (non-hydrogen) atoms. The topological polar surface area (TPSA) is 61.8 Å². The fourth-order valence-corrected chi connectivity index (χ4v) is 3.89. The molecule has 0 bridgehead atoms. The molecule has 1 atom stereocenters. The van der Waals surface area contributed by atoms with Gasteiger partial charge in [-0.1, -0.05) is 35.5 Å². The fraction of sp³-hybridized carbons (Fsp3) is 0.211. The maximum Gasteiger partial charge on any atom is 0.242 e. The number of nitrogens with zero attached hydrogens (tertiary/aromatic N) is 2. The lowest BCUT2D eigenvalue weighted by molar-refractivity contribution is -0.127. The lowest BCUT2D eigenvalue weighted by Crippen LogP contribution is -2.30. The summed E-state index contributed by atoms with van der Waals surface area (Å²) in [6, 6.07) is 11.5. The van der Waals surface area contributed by atoms with Crippen molar-refractivity contribution in [1.29, 1.82) is 0 Å². The van der Waals surface area contributed by atoms with Crippen molar-refractivity contribution in [3.05, 3.63) is 58.9 Å². The van der Waals surface area contributed by atoms with Gasteiger partial charge in [-0.15, -0.1) is 0 Å². The van der Waals surface area contributed by atoms with Crippen molar-refractivity contribution < 1.29 is 14.0 Å². The van der Waals surface area contributed by atoms with Gasteiger partial charge in [-0.05, 0) is 42.8 Å². The van der Waals surface area contributed by atoms with Gasteiger partial charge in [-0.25, -0.2) is 9.38 Å². The third-order valence-electron chi connectivity index (χ3n) is 3.94. The summed E-state index contributed by atoms with van der Waals surface area (Å²) in [6.45, 7) is 1.94. The molecule has 1 saturated heterocycles. The highest BCUT2D eigenvalue weighted by molar-refractivity contribution is 8.15. The normalized spacial score (nSPS) is 18.2. The van der Waals surface area contributed by atoms with E-state index in [-0.39, 0.29) is 23.3 Å². The van der Waals surface area contributed by atoms with E-state index in [1.165, 1.54) is 34.9 Å². The number of carbonyl (C=O) groups is 2. The Kier molecular flexibility index (Phi) is 5.82. The molecule has 0 spiro atoms. The van der Waals surface area contributed by atoms with Crippen LogP contribution in [0.1, 0.15) is 12.0 Å². The van der Waals surface area contributed by atoms with Gasteiger partial charge in [-0.2, -0.15) is 0 Å². The minimum Gasteiger partial charge on any atom is -0.326 e. The first-order valence-electron chi connectivity index (χ1n) is 8.18. The number of amidine groups is 1. The number of carbonyl (C=O) groups excluding carboxylic acids is 2. The molecule has 1 N–H and O–H groups in total. The van der Waals surface area contributed by atoms with Gasteiger partial charge in [-0.3, -0.25) is 14.5 Å². The average Bonchev–Trinajstić information content (AvgIpc) is 2.86. The standard InChI is InChI=1S/C19H17ClFN3O2S/c1-11-4-3-5-12(8-11)22-17(25)10-16-18(26)24(2)19(27-16)23-13-6-7-15(21)14(20)9-13/h3-9,16H,10H2,1-2H3,(H,22,25)/t16-/m1/s1. The molecule has 0 saturated carbocycles. The summed E-state index contributed by atoms with van der Waals surface area (Å²) in [6.07, 6.45) is 0.0327. The van der Waals surface area contributed by atoms with Crippen LogP contribution >= 0.6 is 23.4 Å². The summed E-state index contributed by atoms with van der Waals surface area (Å²) in [5.74, 6) is -0.980. The van der Waals surface area contributed by atoms with Crippen molar-refractivity contribution in [2.24, 2.45) is 4.99 Å². The van der Waals surface area contributed by atoms with Crippen molar-refractivity contribution in [3.63, 3.8) is 0 Å². The number of benzene rings is 2. The zero-order valence-electron chi connectivity index (χ0n) is 14.7. The van der Waals surface area contributed by atoms with Crippen LogP contribution < -0.4 is 5.32 Å². The number of nitrogens with one attached hydrogen (secondary N) is 1. The van der Waals surface area contributed by atoms with Gasteiger partial charge in [0.05, 0.1) is 10.7 Å². The molecular weight excluding hydrogens is 389 g/mol. The zero-order valence-corrected chi connectivity index (χ0v) is 16.3. The monoisotopic (exact) mass is 405 g/mol. The van der Waals surface area contributed by atoms with E-state index >= 15 is 0 Å². The second-order valence-electron chi connectivity index (χ2n) is 6.12. The van der Waals surface area contributed by atoms with Crippen molar-refractivity contribution in [2.75, 3.05) is 12.4 Å². The first kappa shape index (κ1) is 19.4. The Labute approximate surface area is 165 Å². The van der Waals surface area contributed by atoms with Crippen LogP contribution in [-0.2, 0) is 9.59 Å². The van der Waals surface area contributed by atoms with E-state index in [2.05, 4.69) is 10.3 Å². The third kappa shape index (κ3) is 4.67. The van der Waals surface area contributed by atoms with E-state index in [1.54, 1.807) is 13.1 Å². The Morgan fingerprint density at radius 2 is 2.11 bits per heavy atom. The minimum atomic E-state index is -0.561. The predicted molar refractivity (Wildman–Crippen MR) is 107 cm³/mol. The molecule has 3 rings (SSSR count). The Hall–Kier alpha value is -2.38. The molecule has 1 heterocycles. The largest absolute Gasteiger partial charge is 0.326 e. The molecule has 0 aromatic heterocycles. The summed E-state index contributed by atoms with van der Waals surface area (Å²) in [5.41, 5.74) is 2.17. The molecule has 1 aliphatic rings. The summed E-state index contributed by atoms with van der Waals surface area (Å²) in [5, 5.41) is 2.64. The molecule has 1 aliphatic heterocycles. The number of hydrogen-bond acceptors (Lipinski definition) is 4. The van der Waals surface area contributed by atoms with Gasteiger partial charge < -0.3 is 5.32 Å². The number of amides is 2. The number of aliphatic imine (C=N–C) groups is 1. The second kappa shape index (κ2) is 8.10. The summed E-state index contributed by atoms with van der Waals surface area (Å²) < 4.78 is 13.3. The van der Waals surface area contributed by atoms with Crippen LogP contribution in [0.2, 0.25) is 5.02 Å². The maximum absolute atomic E-state index is 13.3. The van der Waals surface area contributed by atoms with Gasteiger partial charge in [0.15, 0.2) is 5.17 Å². The first-order chi connectivity index (χ1) is 12.8. The molecule has 0 aliphatic carbocycles. The Morgan fingerprint density at radius 1 is 1.33 bits per heavy atom. The minimum absolute atomic E-state index is 0.0327. The molecule has 8 heteroatoms. The molecular formula is C19H17ClFN3O2S. The van der Waals surface area contributed by atoms with Crippen LogP contribution in [-0.4, -0.2) is 34.2 Å². The van der Waals surface area contributed by atoms with Crippen LogP contribution in [0.5, 0.6) is 0 Å². The molecule has 5 nitrogen and oxygen atoms in total. The van der Waals surface area contributed by atoms with Gasteiger partial charge >= 0.3 is 0 Å². The number of rotatable bonds is 4. The number of halogens is 2. The highest BCUT2D eigenvalue weighted by Gasteiger charge is 2.37. The molecule has 0 unspecified atom stereocenters. The van der Waals surface area contributed by atoms with E-state index in [9.17, 15) is 14.0 Å². The van der Waals surface area contributed by atoms with Crippen molar-refractivity contribution in [1.82, 2.24) is 4.90 Å². The molecule has 1 fully saturated rings. The SMILES string of the molecule is Cc1cccc(NC(=O)C[C@H]2SC(=Nc3ccc(F)c(Cl)c3)N(C)C2=O)c1. The van der Waals surface area contributed by atoms with E-state index in [1.807, 2.05) is 25.1 Å². The molecule has 2 amide bonds. The lowest BCUT2D eigenvalue weighted by Gasteiger charge is -2.09. The predicted octanol–water partition coefficient (Wildman–Crippen LogP) is 4.38. The average molecular weight is 406 g/mol. The van der Waals surface area contributed by atoms with Crippen LogP contribution in [0.3, 0.4) is 0 Å². The number of thioether (sulfide) groups is 1. The number of anilines is 1. The van der Waals surface area contributed by atoms with Gasteiger partial charge in [0.2, 0.25) is 11.8 Å². The summed E-state index contributed by atoms with van der Waals surface area (Å²) >= 11 is 6.97. The van der Waals surface area contributed by atoms with Crippen LogP contribution in [0.25, 0.3) is 0 Å². The lowest BCUT2D eigenvalue weighted by atomic mass is 10.2. The molecule has 2 aromatic carbocycles. The Bertz CT molecular complexity index is 935. The summed E-state index contributed by atoms with van der Waals surface area (Å²) in [4.78, 5) is 30.5. The Morgan fingerprint density at radius 3 is 2.81 bits per heavy atom. The van der Waals surface area contributed by atoms with Crippen molar-refractivity contribution in [3.8, 4) is 0 Å². The van der Waals surface area contributed by atoms with Crippen LogP contribution in [0.4, 0.5) is 15.8 Å². The van der Waals surface area contributed by atoms with Gasteiger partial charge in [0.25, 0.3) is 0 Å². The zero-order chi connectivity index (χ0) is 19.6. The van der Waals surface area contributed by atoms with Crippen molar-refractivity contribution >= 4 is 51.7 Å². The highest BCUT2D eigenvalue weighted by atomic mass is 35.5. The maximum atomic E-state index is 13.3. The van der Waals surface area contributed by atoms with Crippen LogP contribution in [0, 0.1) is 12.7 Å². The highest BCUT2D eigenvalue weighted by Crippen LogP contribution is 2.31. The second-order valence-corrected chi connectivity index (χ2v) is 7.70. The quantitative estimate of drug-likeness (QED) is 0.821. The fourth-order valence-electron chi connectivity index (χ4n) is 2.57. The van der Waals surface area contributed by atoms with E-state index in [0.717, 1.165) is 5.56 Å². The van der Waals surface area contributed by atoms with E-state index in [0.29, 0.717) is 16.5 Å². The Balaban J connectivity index is 1.69. The van der Waals surface area contributed by atoms with E-state index < -0.39 is 11.1 Å². The van der Waals surface area contributed by atoms with Crippen LogP contribution in [0.15, 0.2) is 47.5 Å². The number of aryl methyl sites for hydroxylation is 1. The number of hydrogen-bond donors (Lipinski definition) is 1. The third-order valence-corrected chi connectivity index (χ3v) is 5.46. The molecule has 0 radical (unpaired) electrons. The van der Waals surface area contributed by atoms with Crippen molar-refractivity contribution in [2.45, 2.75) is 18.6 Å². The van der Waals surface area contributed by atoms with E-state index in [4.69, 9.17) is 11.6 Å². The van der Waals surface area contributed by atoms with Gasteiger partial charge in [0.1, 0.15) is 11.1 Å². The van der Waals surface area contributed by atoms with Gasteiger partial charge in [0, 0.05) is 19.2 Å². The summed E-state index contributed by atoms with van der Waals surface area (Å²) in [7, 11) is 1.59. The first-order valence-corrected chi connectivity index (χ1v) is 9.44. The smallest absolute Gasteiger partial charge is 0.242 e. The molecule has 2 aromatic rings. The molecule has 140 valence electrons.